The van der Waals surface area contributed by atoms with E-state index in [-0.39, 0.29) is 11.8 Å². The van der Waals surface area contributed by atoms with Crippen molar-refractivity contribution in [1.82, 2.24) is 16.0 Å². The molecule has 0 radical (unpaired) electrons. The van der Waals surface area contributed by atoms with Crippen LogP contribution in [0.3, 0.4) is 0 Å². The molecule has 1 aromatic rings. The number of hydrogen-bond donors (Lipinski definition) is 3. The molecule has 6 heteroatoms. The average Bonchev–Trinajstić information content (AvgIpc) is 2.55. The molecule has 3 amide bonds. The smallest absolute Gasteiger partial charge is 0.321 e. The van der Waals surface area contributed by atoms with Crippen LogP contribution < -0.4 is 20.7 Å². The first kappa shape index (κ1) is 16.3. The van der Waals surface area contributed by atoms with E-state index in [0.717, 1.165) is 37.2 Å². The van der Waals surface area contributed by atoms with E-state index in [4.69, 9.17) is 4.74 Å². The van der Waals surface area contributed by atoms with Gasteiger partial charge >= 0.3 is 6.03 Å². The van der Waals surface area contributed by atoms with Crippen LogP contribution in [0.15, 0.2) is 24.3 Å². The average molecular weight is 305 g/mol. The second-order valence-corrected chi connectivity index (χ2v) is 5.27. The van der Waals surface area contributed by atoms with Crippen LogP contribution >= 0.6 is 0 Å². The van der Waals surface area contributed by atoms with Gasteiger partial charge in [-0.25, -0.2) is 4.79 Å². The number of nitrogens with one attached hydrogen (secondary N) is 3. The topological polar surface area (TPSA) is 79.5 Å². The molecule has 1 aromatic carbocycles. The van der Waals surface area contributed by atoms with Crippen LogP contribution in [0.1, 0.15) is 25.3 Å². The Balaban J connectivity index is 1.73. The number of amides is 3. The number of carbonyl (C=O) groups excluding carboxylic acids is 2. The Bertz CT molecular complexity index is 496. The molecule has 1 fully saturated rings. The molecule has 1 saturated heterocycles. The second-order valence-electron chi connectivity index (χ2n) is 5.27. The van der Waals surface area contributed by atoms with Gasteiger partial charge in [0.1, 0.15) is 5.75 Å². The van der Waals surface area contributed by atoms with Gasteiger partial charge in [-0.1, -0.05) is 12.1 Å². The van der Waals surface area contributed by atoms with Crippen LogP contribution in [0.25, 0.3) is 0 Å². The highest BCUT2D eigenvalue weighted by molar-refractivity contribution is 5.95. The Morgan fingerprint density at radius 3 is 2.55 bits per heavy atom. The lowest BCUT2D eigenvalue weighted by molar-refractivity contribution is -0.124. The number of ether oxygens (including phenoxy) is 1. The Morgan fingerprint density at radius 1 is 1.23 bits per heavy atom. The predicted molar refractivity (Wildman–Crippen MR) is 83.6 cm³/mol. The standard InChI is InChI=1S/C16H23N3O3/c1-2-22-14-5-3-12(4-6-14)11-18-16(21)19-15(20)13-7-9-17-10-8-13/h3-6,13,17H,2,7-11H2,1H3,(H2,18,19,20,21). The number of urea groups is 1. The van der Waals surface area contributed by atoms with Crippen LogP contribution in [0.5, 0.6) is 5.75 Å². The number of rotatable bonds is 5. The van der Waals surface area contributed by atoms with Crippen molar-refractivity contribution in [3.05, 3.63) is 29.8 Å². The van der Waals surface area contributed by atoms with E-state index in [1.165, 1.54) is 0 Å². The first-order chi connectivity index (χ1) is 10.7. The van der Waals surface area contributed by atoms with Crippen LogP contribution in [0.4, 0.5) is 4.79 Å². The Morgan fingerprint density at radius 2 is 1.91 bits per heavy atom. The summed E-state index contributed by atoms with van der Waals surface area (Å²) in [4.78, 5) is 23.7. The van der Waals surface area contributed by atoms with Crippen molar-refractivity contribution in [3.63, 3.8) is 0 Å². The molecule has 0 aliphatic carbocycles. The quantitative estimate of drug-likeness (QED) is 0.768. The lowest BCUT2D eigenvalue weighted by Gasteiger charge is -2.21. The molecular formula is C16H23N3O3. The highest BCUT2D eigenvalue weighted by Gasteiger charge is 2.22. The number of hydrogen-bond acceptors (Lipinski definition) is 4. The van der Waals surface area contributed by atoms with Gasteiger partial charge in [0.05, 0.1) is 6.61 Å². The van der Waals surface area contributed by atoms with Crippen molar-refractivity contribution in [2.75, 3.05) is 19.7 Å². The summed E-state index contributed by atoms with van der Waals surface area (Å²) in [6.45, 7) is 4.58. The molecule has 0 spiro atoms. The summed E-state index contributed by atoms with van der Waals surface area (Å²) >= 11 is 0. The Hall–Kier alpha value is -2.08. The van der Waals surface area contributed by atoms with Crippen molar-refractivity contribution in [2.45, 2.75) is 26.3 Å². The van der Waals surface area contributed by atoms with E-state index in [2.05, 4.69) is 16.0 Å². The zero-order valence-corrected chi connectivity index (χ0v) is 12.9. The summed E-state index contributed by atoms with van der Waals surface area (Å²) in [5.74, 6) is 0.542. The second kappa shape index (κ2) is 8.38. The molecule has 0 saturated carbocycles. The highest BCUT2D eigenvalue weighted by atomic mass is 16.5. The molecule has 22 heavy (non-hydrogen) atoms. The normalized spacial score (nSPS) is 15.1. The zero-order chi connectivity index (χ0) is 15.8. The minimum absolute atomic E-state index is 0.0718. The molecule has 1 aliphatic rings. The molecule has 2 rings (SSSR count). The molecule has 0 bridgehead atoms. The van der Waals surface area contributed by atoms with Crippen molar-refractivity contribution in [1.29, 1.82) is 0 Å². The molecule has 6 nitrogen and oxygen atoms in total. The van der Waals surface area contributed by atoms with Gasteiger partial charge < -0.3 is 15.4 Å². The minimum atomic E-state index is -0.447. The highest BCUT2D eigenvalue weighted by Crippen LogP contribution is 2.12. The van der Waals surface area contributed by atoms with E-state index in [9.17, 15) is 9.59 Å². The van der Waals surface area contributed by atoms with Gasteiger partial charge in [-0.05, 0) is 50.6 Å². The van der Waals surface area contributed by atoms with Crippen LogP contribution in [-0.2, 0) is 11.3 Å². The lowest BCUT2D eigenvalue weighted by atomic mass is 9.97. The van der Waals surface area contributed by atoms with Gasteiger partial charge in [0.15, 0.2) is 0 Å². The molecule has 1 aliphatic heterocycles. The van der Waals surface area contributed by atoms with Gasteiger partial charge in [0.2, 0.25) is 5.91 Å². The first-order valence-corrected chi connectivity index (χ1v) is 7.70. The predicted octanol–water partition coefficient (Wildman–Crippen LogP) is 1.41. The van der Waals surface area contributed by atoms with Gasteiger partial charge in [-0.3, -0.25) is 10.1 Å². The Labute approximate surface area is 130 Å². The molecule has 3 N–H and O–H groups in total. The van der Waals surface area contributed by atoms with E-state index < -0.39 is 6.03 Å². The summed E-state index contributed by atoms with van der Waals surface area (Å²) in [5, 5.41) is 8.30. The summed E-state index contributed by atoms with van der Waals surface area (Å²) in [6.07, 6.45) is 1.55. The summed E-state index contributed by atoms with van der Waals surface area (Å²) < 4.78 is 5.36. The molecule has 120 valence electrons. The fourth-order valence-corrected chi connectivity index (χ4v) is 2.39. The zero-order valence-electron chi connectivity index (χ0n) is 12.9. The summed E-state index contributed by atoms with van der Waals surface area (Å²) in [6, 6.07) is 7.05. The monoisotopic (exact) mass is 305 g/mol. The van der Waals surface area contributed by atoms with Gasteiger partial charge in [0.25, 0.3) is 0 Å². The molecule has 0 aromatic heterocycles. The summed E-state index contributed by atoms with van der Waals surface area (Å²) in [5.41, 5.74) is 0.952. The van der Waals surface area contributed by atoms with E-state index in [1.54, 1.807) is 0 Å². The third kappa shape index (κ3) is 5.04. The third-order valence-electron chi connectivity index (χ3n) is 3.63. The van der Waals surface area contributed by atoms with Crippen molar-refractivity contribution >= 4 is 11.9 Å². The maximum atomic E-state index is 11.9. The van der Waals surface area contributed by atoms with Crippen LogP contribution in [0, 0.1) is 5.92 Å². The maximum Gasteiger partial charge on any atom is 0.321 e. The number of benzene rings is 1. The number of piperidine rings is 1. The molecular weight excluding hydrogens is 282 g/mol. The van der Waals surface area contributed by atoms with Crippen LogP contribution in [0.2, 0.25) is 0 Å². The fraction of sp³-hybridized carbons (Fsp3) is 0.500. The largest absolute Gasteiger partial charge is 0.494 e. The van der Waals surface area contributed by atoms with Gasteiger partial charge in [-0.2, -0.15) is 0 Å². The van der Waals surface area contributed by atoms with Crippen LogP contribution in [-0.4, -0.2) is 31.6 Å². The van der Waals surface area contributed by atoms with Gasteiger partial charge in [-0.15, -0.1) is 0 Å². The third-order valence-corrected chi connectivity index (χ3v) is 3.63. The van der Waals surface area contributed by atoms with E-state index in [0.29, 0.717) is 13.2 Å². The van der Waals surface area contributed by atoms with Crippen molar-refractivity contribution in [3.8, 4) is 5.75 Å². The first-order valence-electron chi connectivity index (χ1n) is 7.70. The number of imide groups is 1. The van der Waals surface area contributed by atoms with Crippen molar-refractivity contribution < 1.29 is 14.3 Å². The molecule has 0 unspecified atom stereocenters. The lowest BCUT2D eigenvalue weighted by Crippen LogP contribution is -2.44. The summed E-state index contributed by atoms with van der Waals surface area (Å²) in [7, 11) is 0. The minimum Gasteiger partial charge on any atom is -0.494 e. The maximum absolute atomic E-state index is 11.9. The SMILES string of the molecule is CCOc1ccc(CNC(=O)NC(=O)C2CCNCC2)cc1. The van der Waals surface area contributed by atoms with E-state index >= 15 is 0 Å². The fourth-order valence-electron chi connectivity index (χ4n) is 2.39. The van der Waals surface area contributed by atoms with Crippen molar-refractivity contribution in [2.24, 2.45) is 5.92 Å². The van der Waals surface area contributed by atoms with E-state index in [1.807, 2.05) is 31.2 Å². The Kier molecular flexibility index (Phi) is 6.21. The molecule has 0 atom stereocenters. The molecule has 1 heterocycles. The number of carbonyl (C=O) groups is 2. The van der Waals surface area contributed by atoms with Gasteiger partial charge in [0, 0.05) is 12.5 Å².